The van der Waals surface area contributed by atoms with Gasteiger partial charge in [-0.2, -0.15) is 0 Å². The summed E-state index contributed by atoms with van der Waals surface area (Å²) in [5.41, 5.74) is 2.79. The molecular weight excluding hydrogens is 206 g/mol. The van der Waals surface area contributed by atoms with Gasteiger partial charge in [-0.05, 0) is 25.3 Å². The van der Waals surface area contributed by atoms with Crippen molar-refractivity contribution in [2.24, 2.45) is 4.99 Å². The van der Waals surface area contributed by atoms with Gasteiger partial charge in [0.2, 0.25) is 0 Å². The molecule has 0 bridgehead atoms. The number of hydrogen-bond donors (Lipinski definition) is 0. The van der Waals surface area contributed by atoms with Gasteiger partial charge < -0.3 is 0 Å². The molecule has 0 N–H and O–H groups in total. The number of hydrogen-bond acceptors (Lipinski definition) is 1. The highest BCUT2D eigenvalue weighted by Gasteiger charge is 2.05. The Morgan fingerprint density at radius 3 is 2.06 bits per heavy atom. The average Bonchev–Trinajstić information content (AvgIpc) is 2.73. The van der Waals surface area contributed by atoms with Crippen molar-refractivity contribution in [1.82, 2.24) is 0 Å². The molecule has 0 aromatic rings. The maximum atomic E-state index is 4.40. The van der Waals surface area contributed by atoms with E-state index in [-0.39, 0.29) is 0 Å². The Morgan fingerprint density at radius 1 is 0.941 bits per heavy atom. The van der Waals surface area contributed by atoms with Gasteiger partial charge in [0.25, 0.3) is 0 Å². The zero-order valence-electron chi connectivity index (χ0n) is 11.8. The molecule has 1 aliphatic heterocycles. The van der Waals surface area contributed by atoms with Crippen LogP contribution in [-0.2, 0) is 0 Å². The van der Waals surface area contributed by atoms with Crippen LogP contribution in [0.4, 0.5) is 0 Å². The molecule has 98 valence electrons. The van der Waals surface area contributed by atoms with E-state index >= 15 is 0 Å². The Morgan fingerprint density at radius 2 is 1.53 bits per heavy atom. The molecule has 0 fully saturated rings. The largest absolute Gasteiger partial charge is 0.286 e. The number of nitrogens with zero attached hydrogens (tertiary/aromatic N) is 1. The molecule has 0 radical (unpaired) electrons. The van der Waals surface area contributed by atoms with Crippen molar-refractivity contribution in [1.29, 1.82) is 0 Å². The highest BCUT2D eigenvalue weighted by Crippen LogP contribution is 2.16. The molecule has 0 aromatic carbocycles. The molecule has 1 rings (SSSR count). The topological polar surface area (TPSA) is 12.4 Å². The van der Waals surface area contributed by atoms with Crippen LogP contribution in [0.1, 0.15) is 78.1 Å². The first-order chi connectivity index (χ1) is 8.34. The standard InChI is InChI=1S/C16H29N/c1-3-4-5-6-7-8-9-10-11-12-16-13-14-17-15(16)2/h13H,3-12,14H2,1-2H3. The van der Waals surface area contributed by atoms with Gasteiger partial charge in [-0.1, -0.05) is 64.4 Å². The van der Waals surface area contributed by atoms with Crippen LogP contribution in [-0.4, -0.2) is 12.3 Å². The van der Waals surface area contributed by atoms with Crippen LogP contribution >= 0.6 is 0 Å². The van der Waals surface area contributed by atoms with Crippen LogP contribution in [0.3, 0.4) is 0 Å². The monoisotopic (exact) mass is 235 g/mol. The molecule has 0 atom stereocenters. The molecule has 1 heteroatoms. The summed E-state index contributed by atoms with van der Waals surface area (Å²) in [6.07, 6.45) is 16.3. The van der Waals surface area contributed by atoms with Crippen LogP contribution in [0.2, 0.25) is 0 Å². The molecule has 0 aliphatic carbocycles. The summed E-state index contributed by atoms with van der Waals surface area (Å²) in [6.45, 7) is 5.36. The van der Waals surface area contributed by atoms with E-state index in [1.807, 2.05) is 0 Å². The fourth-order valence-electron chi connectivity index (χ4n) is 2.45. The summed E-state index contributed by atoms with van der Waals surface area (Å²) in [7, 11) is 0. The van der Waals surface area contributed by atoms with Gasteiger partial charge in [0.1, 0.15) is 0 Å². The Hall–Kier alpha value is -0.590. The highest BCUT2D eigenvalue weighted by atomic mass is 14.7. The van der Waals surface area contributed by atoms with Crippen LogP contribution in [0.15, 0.2) is 16.6 Å². The van der Waals surface area contributed by atoms with E-state index in [0.717, 1.165) is 6.54 Å². The summed E-state index contributed by atoms with van der Waals surface area (Å²) < 4.78 is 0. The summed E-state index contributed by atoms with van der Waals surface area (Å²) in [6, 6.07) is 0. The number of allylic oxidation sites excluding steroid dienone is 1. The molecule has 1 nitrogen and oxygen atoms in total. The van der Waals surface area contributed by atoms with Crippen molar-refractivity contribution in [3.05, 3.63) is 11.6 Å². The first kappa shape index (κ1) is 14.5. The summed E-state index contributed by atoms with van der Waals surface area (Å²) in [5.74, 6) is 0. The molecule has 1 aliphatic rings. The van der Waals surface area contributed by atoms with Crippen LogP contribution in [0.25, 0.3) is 0 Å². The van der Waals surface area contributed by atoms with Crippen molar-refractivity contribution in [3.8, 4) is 0 Å². The summed E-state index contributed by atoms with van der Waals surface area (Å²) >= 11 is 0. The van der Waals surface area contributed by atoms with Gasteiger partial charge >= 0.3 is 0 Å². The lowest BCUT2D eigenvalue weighted by molar-refractivity contribution is 0.565. The third kappa shape index (κ3) is 6.65. The minimum Gasteiger partial charge on any atom is -0.286 e. The lowest BCUT2D eigenvalue weighted by Gasteiger charge is -2.03. The zero-order chi connectivity index (χ0) is 12.3. The van der Waals surface area contributed by atoms with Crippen LogP contribution < -0.4 is 0 Å². The van der Waals surface area contributed by atoms with Crippen LogP contribution in [0, 0.1) is 0 Å². The van der Waals surface area contributed by atoms with Gasteiger partial charge in [0.05, 0.1) is 6.54 Å². The molecule has 0 amide bonds. The molecule has 1 heterocycles. The molecule has 0 aromatic heterocycles. The van der Waals surface area contributed by atoms with Gasteiger partial charge in [0.15, 0.2) is 0 Å². The number of aliphatic imine (C=N–C) groups is 1. The van der Waals surface area contributed by atoms with Crippen molar-refractivity contribution < 1.29 is 0 Å². The predicted molar refractivity (Wildman–Crippen MR) is 77.9 cm³/mol. The fraction of sp³-hybridized carbons (Fsp3) is 0.812. The SMILES string of the molecule is CCCCCCCCCCCC1=CCN=C1C. The quantitative estimate of drug-likeness (QED) is 0.455. The molecule has 0 unspecified atom stereocenters. The van der Waals surface area contributed by atoms with Gasteiger partial charge in [-0.25, -0.2) is 0 Å². The van der Waals surface area contributed by atoms with E-state index < -0.39 is 0 Å². The van der Waals surface area contributed by atoms with Gasteiger partial charge in [-0.3, -0.25) is 4.99 Å². The second kappa shape index (κ2) is 9.44. The minimum absolute atomic E-state index is 0.929. The second-order valence-corrected chi connectivity index (χ2v) is 5.23. The Balaban J connectivity index is 1.83. The normalized spacial score (nSPS) is 14.9. The first-order valence-electron chi connectivity index (χ1n) is 7.55. The zero-order valence-corrected chi connectivity index (χ0v) is 11.8. The average molecular weight is 235 g/mol. The fourth-order valence-corrected chi connectivity index (χ4v) is 2.45. The predicted octanol–water partition coefficient (Wildman–Crippen LogP) is 5.31. The number of rotatable bonds is 10. The van der Waals surface area contributed by atoms with Crippen molar-refractivity contribution >= 4 is 5.71 Å². The molecule has 0 saturated carbocycles. The Kier molecular flexibility index (Phi) is 8.04. The molecular formula is C16H29N. The number of unbranched alkanes of at least 4 members (excludes halogenated alkanes) is 8. The van der Waals surface area contributed by atoms with E-state index in [0.29, 0.717) is 0 Å². The van der Waals surface area contributed by atoms with E-state index in [2.05, 4.69) is 24.9 Å². The second-order valence-electron chi connectivity index (χ2n) is 5.23. The third-order valence-electron chi connectivity index (χ3n) is 3.68. The van der Waals surface area contributed by atoms with E-state index in [1.54, 1.807) is 0 Å². The van der Waals surface area contributed by atoms with Crippen LogP contribution in [0.5, 0.6) is 0 Å². The molecule has 0 spiro atoms. The van der Waals surface area contributed by atoms with Gasteiger partial charge in [-0.15, -0.1) is 0 Å². The van der Waals surface area contributed by atoms with Crippen molar-refractivity contribution in [2.45, 2.75) is 78.1 Å². The van der Waals surface area contributed by atoms with Gasteiger partial charge in [0, 0.05) is 5.71 Å². The summed E-state index contributed by atoms with van der Waals surface area (Å²) in [4.78, 5) is 4.40. The maximum absolute atomic E-state index is 4.40. The Bertz CT molecular complexity index is 250. The molecule has 17 heavy (non-hydrogen) atoms. The third-order valence-corrected chi connectivity index (χ3v) is 3.68. The van der Waals surface area contributed by atoms with Crippen molar-refractivity contribution in [3.63, 3.8) is 0 Å². The van der Waals surface area contributed by atoms with E-state index in [9.17, 15) is 0 Å². The maximum Gasteiger partial charge on any atom is 0.0579 e. The highest BCUT2D eigenvalue weighted by molar-refractivity contribution is 5.99. The minimum atomic E-state index is 0.929. The first-order valence-corrected chi connectivity index (χ1v) is 7.55. The smallest absolute Gasteiger partial charge is 0.0579 e. The van der Waals surface area contributed by atoms with Crippen molar-refractivity contribution in [2.75, 3.05) is 6.54 Å². The Labute approximate surface area is 107 Å². The lowest BCUT2D eigenvalue weighted by Crippen LogP contribution is -1.93. The summed E-state index contributed by atoms with van der Waals surface area (Å²) in [5, 5.41) is 0. The molecule has 0 saturated heterocycles. The van der Waals surface area contributed by atoms with E-state index in [4.69, 9.17) is 0 Å². The lowest BCUT2D eigenvalue weighted by atomic mass is 10.0. The van der Waals surface area contributed by atoms with E-state index in [1.165, 1.54) is 75.5 Å².